The van der Waals surface area contributed by atoms with E-state index >= 15 is 0 Å². The summed E-state index contributed by atoms with van der Waals surface area (Å²) >= 11 is 7.56. The third-order valence-electron chi connectivity index (χ3n) is 2.15. The predicted octanol–water partition coefficient (Wildman–Crippen LogP) is 2.77. The Morgan fingerprint density at radius 1 is 1.60 bits per heavy atom. The van der Waals surface area contributed by atoms with Crippen LogP contribution < -0.4 is 0 Å². The van der Waals surface area contributed by atoms with Gasteiger partial charge in [0.25, 0.3) is 0 Å². The summed E-state index contributed by atoms with van der Waals surface area (Å²) in [4.78, 5) is 12.2. The Balaban J connectivity index is 3.16. The lowest BCUT2D eigenvalue weighted by Gasteiger charge is -2.12. The van der Waals surface area contributed by atoms with E-state index in [2.05, 4.69) is 0 Å². The maximum Gasteiger partial charge on any atom is 0.152 e. The molecule has 0 fully saturated rings. The van der Waals surface area contributed by atoms with Gasteiger partial charge >= 0.3 is 0 Å². The van der Waals surface area contributed by atoms with Crippen LogP contribution in [0.5, 0.6) is 0 Å². The summed E-state index contributed by atoms with van der Waals surface area (Å²) in [6.45, 7) is 1.35. The molecule has 1 atom stereocenters. The quantitative estimate of drug-likeness (QED) is 0.654. The molecule has 0 aromatic heterocycles. The highest BCUT2D eigenvalue weighted by Gasteiger charge is 2.17. The van der Waals surface area contributed by atoms with E-state index in [1.807, 2.05) is 18.4 Å². The van der Waals surface area contributed by atoms with Crippen LogP contribution >= 0.6 is 23.4 Å². The van der Waals surface area contributed by atoms with E-state index in [-0.39, 0.29) is 12.4 Å². The van der Waals surface area contributed by atoms with Crippen LogP contribution in [0.4, 0.5) is 0 Å². The molecule has 0 aliphatic rings. The van der Waals surface area contributed by atoms with Gasteiger partial charge < -0.3 is 5.11 Å². The average molecular weight is 245 g/mol. The minimum atomic E-state index is -0.667. The topological polar surface area (TPSA) is 37.3 Å². The van der Waals surface area contributed by atoms with Crippen molar-refractivity contribution in [1.82, 2.24) is 0 Å². The lowest BCUT2D eigenvalue weighted by atomic mass is 10.0. The predicted molar refractivity (Wildman–Crippen MR) is 63.4 cm³/mol. The molecular weight excluding hydrogens is 232 g/mol. The molecule has 0 aliphatic carbocycles. The second-order valence-corrected chi connectivity index (χ2v) is 4.51. The van der Waals surface area contributed by atoms with Gasteiger partial charge in [0.1, 0.15) is 5.38 Å². The first-order valence-corrected chi connectivity index (χ1v) is 6.18. The lowest BCUT2D eigenvalue weighted by molar-refractivity contribution is -0.116. The van der Waals surface area contributed by atoms with Crippen molar-refractivity contribution < 1.29 is 9.90 Å². The Bertz CT molecular complexity index is 366. The number of benzene rings is 1. The summed E-state index contributed by atoms with van der Waals surface area (Å²) < 4.78 is 0. The van der Waals surface area contributed by atoms with E-state index in [9.17, 15) is 4.79 Å². The van der Waals surface area contributed by atoms with Crippen molar-refractivity contribution in [2.75, 3.05) is 6.26 Å². The normalized spacial score (nSPS) is 12.5. The average Bonchev–Trinajstić information content (AvgIpc) is 2.27. The molecule has 0 aliphatic heterocycles. The van der Waals surface area contributed by atoms with Gasteiger partial charge in [-0.15, -0.1) is 23.4 Å². The van der Waals surface area contributed by atoms with Gasteiger partial charge in [-0.25, -0.2) is 0 Å². The molecule has 0 bridgehead atoms. The molecule has 1 aromatic carbocycles. The minimum Gasteiger partial charge on any atom is -0.392 e. The maximum atomic E-state index is 11.2. The summed E-state index contributed by atoms with van der Waals surface area (Å²) in [6, 6.07) is 5.57. The molecule has 4 heteroatoms. The molecule has 1 aromatic rings. The highest BCUT2D eigenvalue weighted by Crippen LogP contribution is 2.29. The van der Waals surface area contributed by atoms with E-state index in [0.29, 0.717) is 11.1 Å². The zero-order valence-electron chi connectivity index (χ0n) is 8.66. The second-order valence-electron chi connectivity index (χ2n) is 3.20. The Hall–Kier alpha value is -0.510. The van der Waals surface area contributed by atoms with E-state index < -0.39 is 5.38 Å². The molecule has 82 valence electrons. The molecule has 0 saturated carbocycles. The Morgan fingerprint density at radius 3 is 2.73 bits per heavy atom. The zero-order valence-corrected chi connectivity index (χ0v) is 10.2. The van der Waals surface area contributed by atoms with E-state index in [0.717, 1.165) is 4.90 Å². The Kier molecular flexibility index (Phi) is 4.64. The zero-order chi connectivity index (χ0) is 11.4. The van der Waals surface area contributed by atoms with Gasteiger partial charge in [0.05, 0.1) is 6.61 Å². The third kappa shape index (κ3) is 2.97. The van der Waals surface area contributed by atoms with Crippen LogP contribution in [0.15, 0.2) is 23.1 Å². The number of thioether (sulfide) groups is 1. The molecule has 0 saturated heterocycles. The highest BCUT2D eigenvalue weighted by molar-refractivity contribution is 7.98. The number of carbonyl (C=O) groups excluding carboxylic acids is 1. The molecule has 1 unspecified atom stereocenters. The molecule has 0 amide bonds. The fourth-order valence-electron chi connectivity index (χ4n) is 1.30. The van der Waals surface area contributed by atoms with Crippen molar-refractivity contribution in [3.8, 4) is 0 Å². The highest BCUT2D eigenvalue weighted by atomic mass is 35.5. The fraction of sp³-hybridized carbons (Fsp3) is 0.364. The fourth-order valence-corrected chi connectivity index (χ4v) is 1.95. The number of ketones is 1. The molecule has 1 rings (SSSR count). The van der Waals surface area contributed by atoms with Gasteiger partial charge in [-0.2, -0.15) is 0 Å². The van der Waals surface area contributed by atoms with Gasteiger partial charge in [-0.1, -0.05) is 6.07 Å². The van der Waals surface area contributed by atoms with Crippen molar-refractivity contribution in [2.24, 2.45) is 0 Å². The van der Waals surface area contributed by atoms with Crippen molar-refractivity contribution in [1.29, 1.82) is 0 Å². The Morgan fingerprint density at radius 2 is 2.27 bits per heavy atom. The van der Waals surface area contributed by atoms with Gasteiger partial charge in [0.2, 0.25) is 0 Å². The molecule has 0 spiro atoms. The van der Waals surface area contributed by atoms with Crippen molar-refractivity contribution in [3.05, 3.63) is 29.3 Å². The number of aliphatic hydroxyl groups excluding tert-OH is 1. The van der Waals surface area contributed by atoms with Crippen LogP contribution in [0.1, 0.15) is 23.4 Å². The van der Waals surface area contributed by atoms with Crippen molar-refractivity contribution in [2.45, 2.75) is 23.8 Å². The molecule has 15 heavy (non-hydrogen) atoms. The number of halogens is 1. The van der Waals surface area contributed by atoms with Crippen molar-refractivity contribution in [3.63, 3.8) is 0 Å². The first-order chi connectivity index (χ1) is 7.10. The molecular formula is C11H13ClO2S. The number of aliphatic hydroxyl groups is 1. The van der Waals surface area contributed by atoms with E-state index in [1.165, 1.54) is 6.92 Å². The summed E-state index contributed by atoms with van der Waals surface area (Å²) in [5.41, 5.74) is 1.42. The van der Waals surface area contributed by atoms with Crippen LogP contribution in [0.3, 0.4) is 0 Å². The summed E-state index contributed by atoms with van der Waals surface area (Å²) in [6.07, 6.45) is 1.95. The van der Waals surface area contributed by atoms with Gasteiger partial charge in [-0.05, 0) is 36.4 Å². The molecule has 1 N–H and O–H groups in total. The van der Waals surface area contributed by atoms with Crippen LogP contribution in [0.25, 0.3) is 0 Å². The first-order valence-electron chi connectivity index (χ1n) is 4.52. The lowest BCUT2D eigenvalue weighted by Crippen LogP contribution is -2.05. The smallest absolute Gasteiger partial charge is 0.152 e. The van der Waals surface area contributed by atoms with Crippen LogP contribution in [-0.2, 0) is 11.4 Å². The Labute approximate surface area is 98.6 Å². The maximum absolute atomic E-state index is 11.2. The number of rotatable bonds is 4. The molecule has 2 nitrogen and oxygen atoms in total. The summed E-state index contributed by atoms with van der Waals surface area (Å²) in [7, 11) is 0. The van der Waals surface area contributed by atoms with Crippen LogP contribution in [0, 0.1) is 0 Å². The van der Waals surface area contributed by atoms with Gasteiger partial charge in [-0.3, -0.25) is 4.79 Å². The van der Waals surface area contributed by atoms with Crippen LogP contribution in [0.2, 0.25) is 0 Å². The third-order valence-corrected chi connectivity index (χ3v) is 3.42. The van der Waals surface area contributed by atoms with E-state index in [1.54, 1.807) is 17.8 Å². The largest absolute Gasteiger partial charge is 0.392 e. The van der Waals surface area contributed by atoms with Gasteiger partial charge in [0.15, 0.2) is 5.78 Å². The number of Topliss-reactive ketones (excluding diaryl/α,β-unsaturated/α-hetero) is 1. The van der Waals surface area contributed by atoms with Crippen molar-refractivity contribution >= 4 is 29.1 Å². The number of carbonyl (C=O) groups is 1. The van der Waals surface area contributed by atoms with Crippen LogP contribution in [-0.4, -0.2) is 17.1 Å². The summed E-state index contributed by atoms with van der Waals surface area (Å²) in [5, 5.41) is 8.47. The molecule has 0 heterocycles. The first kappa shape index (κ1) is 12.6. The minimum absolute atomic E-state index is 0.0967. The van der Waals surface area contributed by atoms with E-state index in [4.69, 9.17) is 16.7 Å². The SMILES string of the molecule is CSc1ccc(CO)c(C(Cl)C(C)=O)c1. The summed E-state index contributed by atoms with van der Waals surface area (Å²) in [5.74, 6) is -0.107. The molecule has 0 radical (unpaired) electrons. The second kappa shape index (κ2) is 5.54. The monoisotopic (exact) mass is 244 g/mol. The number of alkyl halides is 1. The number of hydrogen-bond acceptors (Lipinski definition) is 3. The van der Waals surface area contributed by atoms with Gasteiger partial charge in [0, 0.05) is 4.90 Å². The number of hydrogen-bond donors (Lipinski definition) is 1. The standard InChI is InChI=1S/C11H13ClO2S/c1-7(14)11(12)10-5-9(15-2)4-3-8(10)6-13/h3-5,11,13H,6H2,1-2H3.